The number of aryl methyl sites for hydroxylation is 5. The van der Waals surface area contributed by atoms with Gasteiger partial charge in [0.25, 0.3) is 0 Å². The minimum absolute atomic E-state index is 0.629. The Hall–Kier alpha value is -2.30. The van der Waals surface area contributed by atoms with Gasteiger partial charge in [-0.25, -0.2) is 0 Å². The second-order valence-corrected chi connectivity index (χ2v) is 9.00. The Morgan fingerprint density at radius 1 is 0.897 bits per heavy atom. The van der Waals surface area contributed by atoms with Crippen LogP contribution in [-0.2, 0) is 7.05 Å². The molecule has 0 saturated carbocycles. The van der Waals surface area contributed by atoms with Crippen LogP contribution in [0.15, 0.2) is 35.5 Å². The monoisotopic (exact) mass is 396 g/mol. The zero-order valence-corrected chi connectivity index (χ0v) is 19.0. The maximum absolute atomic E-state index is 14.4. The van der Waals surface area contributed by atoms with Crippen molar-refractivity contribution < 1.29 is 8.63 Å². The van der Waals surface area contributed by atoms with Gasteiger partial charge in [0.2, 0.25) is 0 Å². The maximum atomic E-state index is 14.4. The van der Waals surface area contributed by atoms with E-state index in [0.29, 0.717) is 5.70 Å². The van der Waals surface area contributed by atoms with Crippen molar-refractivity contribution in [3.8, 4) is 0 Å². The third-order valence-corrected chi connectivity index (χ3v) is 6.06. The highest BCUT2D eigenvalue weighted by molar-refractivity contribution is 6.40. The van der Waals surface area contributed by atoms with Crippen molar-refractivity contribution in [2.75, 3.05) is 0 Å². The van der Waals surface area contributed by atoms with Gasteiger partial charge in [0, 0.05) is 29.6 Å². The molecule has 1 aromatic heterocycles. The maximum Gasteiger partial charge on any atom is 0.673 e. The van der Waals surface area contributed by atoms with E-state index in [4.69, 9.17) is 0 Å². The Balaban J connectivity index is 2.52. The van der Waals surface area contributed by atoms with E-state index < -0.39 is 12.9 Å². The van der Waals surface area contributed by atoms with Crippen molar-refractivity contribution >= 4 is 13.0 Å². The summed E-state index contributed by atoms with van der Waals surface area (Å²) >= 11 is 0. The molecule has 0 N–H and O–H groups in total. The van der Waals surface area contributed by atoms with E-state index >= 15 is 0 Å². The zero-order chi connectivity index (χ0) is 21.8. The van der Waals surface area contributed by atoms with Crippen LogP contribution >= 0.6 is 0 Å². The van der Waals surface area contributed by atoms with Crippen molar-refractivity contribution in [3.05, 3.63) is 74.8 Å². The van der Waals surface area contributed by atoms with Crippen LogP contribution in [-0.4, -0.2) is 22.3 Å². The molecule has 0 amide bonds. The van der Waals surface area contributed by atoms with Crippen LogP contribution in [0.3, 0.4) is 0 Å². The van der Waals surface area contributed by atoms with E-state index in [9.17, 15) is 8.63 Å². The van der Waals surface area contributed by atoms with Crippen LogP contribution in [0.1, 0.15) is 60.0 Å². The van der Waals surface area contributed by atoms with Gasteiger partial charge < -0.3 is 9.38 Å². The molecule has 1 aromatic carbocycles. The minimum atomic E-state index is -2.59. The lowest BCUT2D eigenvalue weighted by atomic mass is 9.87. The Kier molecular flexibility index (Phi) is 5.31. The normalized spacial score (nSPS) is 17.6. The number of aromatic nitrogens is 1. The molecule has 0 radical (unpaired) electrons. The van der Waals surface area contributed by atoms with Crippen LogP contribution in [0.5, 0.6) is 0 Å². The van der Waals surface area contributed by atoms with E-state index in [1.165, 1.54) is 10.4 Å². The van der Waals surface area contributed by atoms with Crippen molar-refractivity contribution in [2.24, 2.45) is 7.05 Å². The first-order valence-electron chi connectivity index (χ1n) is 10.1. The number of rotatable bonds is 3. The number of benzene rings is 1. The smallest absolute Gasteiger partial charge is 0.348 e. The highest BCUT2D eigenvalue weighted by atomic mass is 19.2. The molecule has 0 bridgehead atoms. The molecule has 2 nitrogen and oxygen atoms in total. The first-order chi connectivity index (χ1) is 13.4. The molecular weight excluding hydrogens is 365 g/mol. The molecule has 0 saturated heterocycles. The largest absolute Gasteiger partial charge is 0.673 e. The van der Waals surface area contributed by atoms with Crippen LogP contribution in [0.2, 0.25) is 0 Å². The molecule has 1 aliphatic heterocycles. The quantitative estimate of drug-likeness (QED) is 0.554. The fourth-order valence-corrected chi connectivity index (χ4v) is 5.02. The van der Waals surface area contributed by atoms with Crippen LogP contribution in [0.4, 0.5) is 8.63 Å². The van der Waals surface area contributed by atoms with Gasteiger partial charge in [-0.2, -0.15) is 0 Å². The van der Waals surface area contributed by atoms with Gasteiger partial charge in [-0.15, -0.1) is 0 Å². The van der Waals surface area contributed by atoms with Gasteiger partial charge in [-0.1, -0.05) is 23.8 Å². The van der Waals surface area contributed by atoms with E-state index in [1.807, 2.05) is 33.9 Å². The Labute approximate surface area is 174 Å². The lowest BCUT2D eigenvalue weighted by Crippen LogP contribution is -2.44. The van der Waals surface area contributed by atoms with Gasteiger partial charge in [-0.05, 0) is 89.3 Å². The molecule has 0 aliphatic carbocycles. The summed E-state index contributed by atoms with van der Waals surface area (Å²) in [5, 5.41) is 0. The number of hydrogen-bond acceptors (Lipinski definition) is 1. The van der Waals surface area contributed by atoms with Crippen molar-refractivity contribution in [2.45, 2.75) is 60.9 Å². The third-order valence-electron chi connectivity index (χ3n) is 6.06. The number of nitrogens with zero attached hydrogens (tertiary/aromatic N) is 2. The predicted octanol–water partition coefficient (Wildman–Crippen LogP) is 6.29. The summed E-state index contributed by atoms with van der Waals surface area (Å²) in [5.74, 6) is 0. The molecular formula is C24H31BF2N2. The molecule has 0 spiro atoms. The van der Waals surface area contributed by atoms with E-state index in [0.717, 1.165) is 44.8 Å². The van der Waals surface area contributed by atoms with E-state index in [1.54, 1.807) is 0 Å². The van der Waals surface area contributed by atoms with Gasteiger partial charge >= 0.3 is 7.40 Å². The highest BCUT2D eigenvalue weighted by Gasteiger charge is 2.44. The lowest BCUT2D eigenvalue weighted by molar-refractivity contribution is 0.318. The minimum Gasteiger partial charge on any atom is -0.348 e. The first-order valence-corrected chi connectivity index (χ1v) is 10.1. The molecule has 2 heterocycles. The van der Waals surface area contributed by atoms with Crippen LogP contribution in [0.25, 0.3) is 5.57 Å². The van der Waals surface area contributed by atoms with Crippen molar-refractivity contribution in [1.29, 1.82) is 0 Å². The Morgan fingerprint density at radius 2 is 1.45 bits per heavy atom. The average molecular weight is 396 g/mol. The van der Waals surface area contributed by atoms with E-state index in [-0.39, 0.29) is 0 Å². The molecule has 0 atom stereocenters. The Bertz CT molecular complexity index is 1020. The van der Waals surface area contributed by atoms with Gasteiger partial charge in [-0.3, -0.25) is 8.63 Å². The molecule has 0 unspecified atom stereocenters. The first kappa shape index (κ1) is 21.4. The molecule has 5 heteroatoms. The molecule has 29 heavy (non-hydrogen) atoms. The second kappa shape index (κ2) is 7.19. The van der Waals surface area contributed by atoms with Crippen molar-refractivity contribution in [1.82, 2.24) is 9.38 Å². The average Bonchev–Trinajstić information content (AvgIpc) is 2.94. The van der Waals surface area contributed by atoms with Crippen molar-refractivity contribution in [3.63, 3.8) is 0 Å². The van der Waals surface area contributed by atoms with Gasteiger partial charge in [0.15, 0.2) is 0 Å². The number of allylic oxidation sites excluding steroid dienone is 1. The molecule has 154 valence electrons. The summed E-state index contributed by atoms with van der Waals surface area (Å²) in [4.78, 5) is 1.28. The third kappa shape index (κ3) is 3.45. The second-order valence-electron chi connectivity index (χ2n) is 9.00. The van der Waals surface area contributed by atoms with Gasteiger partial charge in [0.1, 0.15) is 0 Å². The highest BCUT2D eigenvalue weighted by Crippen LogP contribution is 2.45. The molecule has 3 rings (SSSR count). The van der Waals surface area contributed by atoms with Crippen LogP contribution in [0, 0.1) is 34.6 Å². The fraction of sp³-hybridized carbons (Fsp3) is 0.417. The summed E-state index contributed by atoms with van der Waals surface area (Å²) in [6.07, 6.45) is 1.96. The number of halogens is 2. The van der Waals surface area contributed by atoms with E-state index in [2.05, 4.69) is 57.4 Å². The summed E-state index contributed by atoms with van der Waals surface area (Å²) in [6.45, 7) is 16.0. The fourth-order valence-electron chi connectivity index (χ4n) is 5.02. The summed E-state index contributed by atoms with van der Waals surface area (Å²) < 4.78 is 30.9. The summed E-state index contributed by atoms with van der Waals surface area (Å²) in [6, 6.07) is 6.40. The van der Waals surface area contributed by atoms with Gasteiger partial charge in [0.05, 0.1) is 5.69 Å². The lowest BCUT2D eigenvalue weighted by Gasteiger charge is -2.34. The standard InChI is InChI=1S/C24H31BF2N2/c1-14-10-15(2)20(16(3)11-14)21(22-17(4)12-19(6)28(22)9)23-18(5)13-24(7,8)29(23)25(26)27/h10-13H,1-9H3/b23-21-. The predicted molar refractivity (Wildman–Crippen MR) is 119 cm³/mol. The summed E-state index contributed by atoms with van der Waals surface area (Å²) in [5.41, 5.74) is 9.32. The molecule has 1 aliphatic rings. The zero-order valence-electron chi connectivity index (χ0n) is 19.0. The molecule has 2 aromatic rings. The molecule has 0 fully saturated rings. The number of hydrogen-bond donors (Lipinski definition) is 0. The Morgan fingerprint density at radius 3 is 1.90 bits per heavy atom. The SMILES string of the molecule is CC1=CC(C)(C)N(B(F)F)/C1=C(/c1c(C)cc(C)cc1C)c1c(C)cc(C)n1C. The van der Waals surface area contributed by atoms with Crippen LogP contribution < -0.4 is 0 Å². The summed E-state index contributed by atoms with van der Waals surface area (Å²) in [7, 11) is -0.570. The topological polar surface area (TPSA) is 8.17 Å².